The van der Waals surface area contributed by atoms with Gasteiger partial charge in [-0.15, -0.1) is 0 Å². The molecule has 0 saturated heterocycles. The zero-order valence-corrected chi connectivity index (χ0v) is 17.3. The minimum atomic E-state index is -0.311. The second kappa shape index (κ2) is 6.60. The monoisotopic (exact) mass is 540 g/mol. The van der Waals surface area contributed by atoms with E-state index in [1.807, 2.05) is 24.3 Å². The lowest BCUT2D eigenvalue weighted by Gasteiger charge is -2.30. The van der Waals surface area contributed by atoms with E-state index in [-0.39, 0.29) is 16.9 Å². The fourth-order valence-corrected chi connectivity index (χ4v) is 4.27. The first-order chi connectivity index (χ1) is 9.79. The maximum absolute atomic E-state index is 9.87. The lowest BCUT2D eigenvalue weighted by Crippen LogP contribution is -2.25. The van der Waals surface area contributed by atoms with Crippen molar-refractivity contribution in [3.05, 3.63) is 54.9 Å². The molecule has 2 aromatic carbocycles. The summed E-state index contributed by atoms with van der Waals surface area (Å²) >= 11 is 13.7. The normalized spacial score (nSPS) is 14.0. The van der Waals surface area contributed by atoms with Crippen LogP contribution in [0.15, 0.2) is 43.7 Å². The molecule has 0 amide bonds. The molecule has 2 nitrogen and oxygen atoms in total. The van der Waals surface area contributed by atoms with E-state index in [0.717, 1.165) is 11.1 Å². The quantitative estimate of drug-likeness (QED) is 0.460. The van der Waals surface area contributed by atoms with E-state index < -0.39 is 0 Å². The van der Waals surface area contributed by atoms with Crippen molar-refractivity contribution in [1.82, 2.24) is 0 Å². The van der Waals surface area contributed by atoms with Gasteiger partial charge >= 0.3 is 0 Å². The Kier molecular flexibility index (Phi) is 5.45. The maximum Gasteiger partial charge on any atom is 0.143 e. The second-order valence-corrected chi connectivity index (χ2v) is 8.04. The van der Waals surface area contributed by atoms with E-state index in [4.69, 9.17) is 0 Å². The van der Waals surface area contributed by atoms with Crippen LogP contribution in [-0.2, 0) is 5.41 Å². The molecule has 0 aromatic heterocycles. The van der Waals surface area contributed by atoms with Crippen molar-refractivity contribution in [2.24, 2.45) is 0 Å². The Morgan fingerprint density at radius 3 is 1.90 bits per heavy atom. The molecule has 1 atom stereocenters. The predicted octanol–water partition coefficient (Wildman–Crippen LogP) is 6.09. The van der Waals surface area contributed by atoms with Crippen molar-refractivity contribution >= 4 is 63.7 Å². The molecule has 112 valence electrons. The molecular formula is C15H12Br4O2. The summed E-state index contributed by atoms with van der Waals surface area (Å²) < 4.78 is 1.93. The number of phenolic OH excluding ortho intramolecular Hbond substituents is 2. The van der Waals surface area contributed by atoms with E-state index in [9.17, 15) is 10.2 Å². The average Bonchev–Trinajstić information content (AvgIpc) is 2.46. The summed E-state index contributed by atoms with van der Waals surface area (Å²) in [4.78, 5) is 0. The molecule has 2 rings (SSSR count). The standard InChI is InChI=1S/C15H12Br4O2/c1-15(7-16,8-2-3-13(20)10(17)4-8)9-5-11(18)14(21)12(19)6-9/h2-6,20-21H,7H2,1H3. The van der Waals surface area contributed by atoms with Crippen molar-refractivity contribution in [1.29, 1.82) is 0 Å². The van der Waals surface area contributed by atoms with Crippen LogP contribution in [0.3, 0.4) is 0 Å². The largest absolute Gasteiger partial charge is 0.507 e. The van der Waals surface area contributed by atoms with Crippen LogP contribution < -0.4 is 0 Å². The molecule has 0 aliphatic carbocycles. The van der Waals surface area contributed by atoms with Crippen LogP contribution in [0.5, 0.6) is 11.5 Å². The Morgan fingerprint density at radius 2 is 1.43 bits per heavy atom. The summed E-state index contributed by atoms with van der Waals surface area (Å²) in [5.74, 6) is 0.395. The van der Waals surface area contributed by atoms with Gasteiger partial charge in [-0.3, -0.25) is 0 Å². The number of hydrogen-bond acceptors (Lipinski definition) is 2. The van der Waals surface area contributed by atoms with Gasteiger partial charge in [0, 0.05) is 10.7 Å². The topological polar surface area (TPSA) is 40.5 Å². The van der Waals surface area contributed by atoms with Crippen LogP contribution in [0.1, 0.15) is 18.1 Å². The van der Waals surface area contributed by atoms with Gasteiger partial charge in [0.2, 0.25) is 0 Å². The van der Waals surface area contributed by atoms with Crippen LogP contribution in [-0.4, -0.2) is 15.5 Å². The number of hydrogen-bond donors (Lipinski definition) is 2. The van der Waals surface area contributed by atoms with Gasteiger partial charge < -0.3 is 10.2 Å². The van der Waals surface area contributed by atoms with E-state index >= 15 is 0 Å². The van der Waals surface area contributed by atoms with Gasteiger partial charge in [-0.25, -0.2) is 0 Å². The van der Waals surface area contributed by atoms with Crippen LogP contribution in [0.25, 0.3) is 0 Å². The number of benzene rings is 2. The highest BCUT2D eigenvalue weighted by Crippen LogP contribution is 2.42. The molecule has 1 unspecified atom stereocenters. The van der Waals surface area contributed by atoms with Crippen LogP contribution in [0, 0.1) is 0 Å². The van der Waals surface area contributed by atoms with Gasteiger partial charge in [0.05, 0.1) is 13.4 Å². The zero-order valence-electron chi connectivity index (χ0n) is 11.0. The van der Waals surface area contributed by atoms with Gasteiger partial charge in [0.1, 0.15) is 11.5 Å². The molecule has 21 heavy (non-hydrogen) atoms. The molecule has 0 fully saturated rings. The van der Waals surface area contributed by atoms with E-state index in [1.165, 1.54) is 0 Å². The number of alkyl halides is 1. The number of halogens is 4. The summed E-state index contributed by atoms with van der Waals surface area (Å²) in [7, 11) is 0. The van der Waals surface area contributed by atoms with Crippen molar-refractivity contribution in [2.45, 2.75) is 12.3 Å². The van der Waals surface area contributed by atoms with E-state index in [1.54, 1.807) is 6.07 Å². The molecule has 0 bridgehead atoms. The molecule has 0 heterocycles. The Morgan fingerprint density at radius 1 is 0.905 bits per heavy atom. The van der Waals surface area contributed by atoms with Crippen molar-refractivity contribution in [3.63, 3.8) is 0 Å². The van der Waals surface area contributed by atoms with Crippen molar-refractivity contribution < 1.29 is 10.2 Å². The van der Waals surface area contributed by atoms with Crippen molar-refractivity contribution in [2.75, 3.05) is 5.33 Å². The van der Waals surface area contributed by atoms with E-state index in [2.05, 4.69) is 70.6 Å². The lowest BCUT2D eigenvalue weighted by molar-refractivity contribution is 0.467. The third-order valence-electron chi connectivity index (χ3n) is 3.51. The average molecular weight is 544 g/mol. The van der Waals surface area contributed by atoms with Gasteiger partial charge in [-0.2, -0.15) is 0 Å². The highest BCUT2D eigenvalue weighted by molar-refractivity contribution is 9.11. The minimum absolute atomic E-state index is 0.183. The zero-order chi connectivity index (χ0) is 15.8. The molecular weight excluding hydrogens is 532 g/mol. The molecule has 0 spiro atoms. The third-order valence-corrected chi connectivity index (χ3v) is 6.47. The molecule has 6 heteroatoms. The SMILES string of the molecule is CC(CBr)(c1ccc(O)c(Br)c1)c1cc(Br)c(O)c(Br)c1. The van der Waals surface area contributed by atoms with Gasteiger partial charge in [-0.1, -0.05) is 28.9 Å². The summed E-state index contributed by atoms with van der Waals surface area (Å²) in [5.41, 5.74) is 1.77. The lowest BCUT2D eigenvalue weighted by atomic mass is 9.78. The number of aromatic hydroxyl groups is 2. The molecule has 0 saturated carbocycles. The summed E-state index contributed by atoms with van der Waals surface area (Å²) in [6, 6.07) is 9.29. The summed E-state index contributed by atoms with van der Waals surface area (Å²) in [5, 5.41) is 20.2. The fraction of sp³-hybridized carbons (Fsp3) is 0.200. The maximum atomic E-state index is 9.87. The second-order valence-electron chi connectivity index (χ2n) is 4.92. The first-order valence-electron chi connectivity index (χ1n) is 6.03. The first kappa shape index (κ1) is 17.3. The molecule has 2 N–H and O–H groups in total. The number of phenols is 2. The highest BCUT2D eigenvalue weighted by atomic mass is 79.9. The Labute approximate surface area is 157 Å². The molecule has 0 aliphatic rings. The highest BCUT2D eigenvalue weighted by Gasteiger charge is 2.29. The van der Waals surface area contributed by atoms with Crippen LogP contribution in [0.2, 0.25) is 0 Å². The fourth-order valence-electron chi connectivity index (χ4n) is 2.06. The van der Waals surface area contributed by atoms with Crippen molar-refractivity contribution in [3.8, 4) is 11.5 Å². The van der Waals surface area contributed by atoms with Crippen LogP contribution >= 0.6 is 63.7 Å². The molecule has 0 radical (unpaired) electrons. The Bertz CT molecular complexity index is 664. The van der Waals surface area contributed by atoms with Crippen LogP contribution in [0.4, 0.5) is 0 Å². The van der Waals surface area contributed by atoms with Gasteiger partial charge in [0.15, 0.2) is 0 Å². The molecule has 0 aliphatic heterocycles. The van der Waals surface area contributed by atoms with Gasteiger partial charge in [0.25, 0.3) is 0 Å². The predicted molar refractivity (Wildman–Crippen MR) is 99.6 cm³/mol. The molecule has 2 aromatic rings. The number of rotatable bonds is 3. The summed E-state index contributed by atoms with van der Waals surface area (Å²) in [6.07, 6.45) is 0. The van der Waals surface area contributed by atoms with E-state index in [0.29, 0.717) is 18.7 Å². The first-order valence-corrected chi connectivity index (χ1v) is 9.53. The summed E-state index contributed by atoms with van der Waals surface area (Å²) in [6.45, 7) is 2.10. The smallest absolute Gasteiger partial charge is 0.143 e. The third kappa shape index (κ3) is 3.33. The Hall–Kier alpha value is -0.0400. The Balaban J connectivity index is 2.62. The minimum Gasteiger partial charge on any atom is -0.507 e. The van der Waals surface area contributed by atoms with Gasteiger partial charge in [-0.05, 0) is 83.2 Å².